The normalized spacial score (nSPS) is 15.7. The van der Waals surface area contributed by atoms with Crippen molar-refractivity contribution in [1.29, 1.82) is 0 Å². The number of nitrogens with one attached hydrogen (secondary N) is 1. The van der Waals surface area contributed by atoms with E-state index in [1.165, 1.54) is 25.7 Å². The van der Waals surface area contributed by atoms with Crippen LogP contribution >= 0.6 is 35.6 Å². The Morgan fingerprint density at radius 1 is 0.667 bits per heavy atom. The molecule has 6 nitrogen and oxygen atoms in total. The van der Waals surface area contributed by atoms with E-state index in [1.807, 2.05) is 78.9 Å². The Hall–Kier alpha value is -3.39. The van der Waals surface area contributed by atoms with Crippen LogP contribution in [0.1, 0.15) is 59.5 Å². The molecule has 0 atom stereocenters. The van der Waals surface area contributed by atoms with Gasteiger partial charge in [0.25, 0.3) is 0 Å². The summed E-state index contributed by atoms with van der Waals surface area (Å²) >= 11 is 12.2. The van der Waals surface area contributed by atoms with Gasteiger partial charge in [-0.05, 0) is 112 Å². The minimum Gasteiger partial charge on any atom is -0.507 e. The van der Waals surface area contributed by atoms with Crippen molar-refractivity contribution in [1.82, 2.24) is 19.8 Å². The van der Waals surface area contributed by atoms with E-state index in [0.29, 0.717) is 27.4 Å². The third-order valence-electron chi connectivity index (χ3n) is 8.10. The first-order chi connectivity index (χ1) is 21.5. The molecule has 9 heteroatoms. The lowest BCUT2D eigenvalue weighted by Gasteiger charge is -2.21. The van der Waals surface area contributed by atoms with E-state index < -0.39 is 0 Å². The maximum atomic E-state index is 11.3. The van der Waals surface area contributed by atoms with Crippen LogP contribution in [0.3, 0.4) is 0 Å². The van der Waals surface area contributed by atoms with Crippen molar-refractivity contribution in [3.8, 4) is 5.75 Å². The molecule has 2 saturated heterocycles. The summed E-state index contributed by atoms with van der Waals surface area (Å²) in [4.78, 5) is 14.5. The van der Waals surface area contributed by atoms with E-state index >= 15 is 0 Å². The van der Waals surface area contributed by atoms with Gasteiger partial charge in [-0.25, -0.2) is 9.97 Å². The molecule has 0 amide bonds. The largest absolute Gasteiger partial charge is 0.507 e. The fourth-order valence-corrected chi connectivity index (χ4v) is 6.05. The number of aromatic nitrogens is 2. The summed E-state index contributed by atoms with van der Waals surface area (Å²) in [7, 11) is 0. The van der Waals surface area contributed by atoms with Crippen LogP contribution in [0.25, 0.3) is 24.3 Å². The van der Waals surface area contributed by atoms with Crippen molar-refractivity contribution in [3.63, 3.8) is 0 Å². The zero-order valence-corrected chi connectivity index (χ0v) is 27.5. The second-order valence-electron chi connectivity index (χ2n) is 11.5. The number of phenolic OH excluding ortho intramolecular Hbond substituents is 1. The maximum absolute atomic E-state index is 11.3. The Morgan fingerprint density at radius 3 is 1.67 bits per heavy atom. The third-order valence-corrected chi connectivity index (χ3v) is 8.60. The van der Waals surface area contributed by atoms with Gasteiger partial charge in [-0.1, -0.05) is 59.6 Å². The van der Waals surface area contributed by atoms with E-state index in [-0.39, 0.29) is 12.4 Å². The standard InChI is InChI=1S/C36H37Cl2N5O.ClH/c37-30-11-5-26(6-12-30)9-15-32-23-35(41-34(39-32)16-10-27-7-13-31(38)14-8-27)40-33-21-28(24-42-17-1-2-18-42)36(44)29(22-33)25-43-19-3-4-20-43;/h5-16,21-23,44H,1-4,17-20,24-25H2,(H,39,40,41);1H/b15-9+,16-10-;. The van der Waals surface area contributed by atoms with Gasteiger partial charge in [-0.2, -0.15) is 0 Å². The highest BCUT2D eigenvalue weighted by Crippen LogP contribution is 2.32. The van der Waals surface area contributed by atoms with Gasteiger partial charge in [0.15, 0.2) is 5.82 Å². The summed E-state index contributed by atoms with van der Waals surface area (Å²) in [5.74, 6) is 1.67. The summed E-state index contributed by atoms with van der Waals surface area (Å²) in [6, 6.07) is 21.4. The molecule has 0 bridgehead atoms. The molecule has 1 aromatic heterocycles. The lowest BCUT2D eigenvalue weighted by atomic mass is 10.1. The molecule has 2 aliphatic heterocycles. The Labute approximate surface area is 281 Å². The molecule has 3 heterocycles. The highest BCUT2D eigenvalue weighted by atomic mass is 35.5. The minimum atomic E-state index is 0. The molecule has 0 aliphatic carbocycles. The van der Waals surface area contributed by atoms with Crippen molar-refractivity contribution in [2.45, 2.75) is 38.8 Å². The summed E-state index contributed by atoms with van der Waals surface area (Å²) in [5.41, 5.74) is 5.60. The number of rotatable bonds is 10. The van der Waals surface area contributed by atoms with Gasteiger partial charge in [0.2, 0.25) is 0 Å². The molecule has 0 unspecified atom stereocenters. The van der Waals surface area contributed by atoms with Crippen LogP contribution in [0.15, 0.2) is 66.7 Å². The highest BCUT2D eigenvalue weighted by Gasteiger charge is 2.20. The van der Waals surface area contributed by atoms with Crippen molar-refractivity contribution in [3.05, 3.63) is 111 Å². The molecule has 0 spiro atoms. The summed E-state index contributed by atoms with van der Waals surface area (Å²) in [5, 5.41) is 16.3. The van der Waals surface area contributed by atoms with Gasteiger partial charge >= 0.3 is 0 Å². The molecule has 0 radical (unpaired) electrons. The minimum absolute atomic E-state index is 0. The molecule has 45 heavy (non-hydrogen) atoms. The number of hydrogen-bond acceptors (Lipinski definition) is 6. The number of halogens is 3. The van der Waals surface area contributed by atoms with Crippen LogP contribution in [-0.2, 0) is 13.1 Å². The number of anilines is 2. The average Bonchev–Trinajstić information content (AvgIpc) is 3.74. The first-order valence-corrected chi connectivity index (χ1v) is 16.1. The van der Waals surface area contributed by atoms with Crippen LogP contribution in [0.2, 0.25) is 10.0 Å². The van der Waals surface area contributed by atoms with Crippen LogP contribution < -0.4 is 5.32 Å². The number of benzene rings is 3. The van der Waals surface area contributed by atoms with Gasteiger partial charge in [-0.3, -0.25) is 9.80 Å². The van der Waals surface area contributed by atoms with Gasteiger partial charge in [-0.15, -0.1) is 12.4 Å². The molecule has 6 rings (SSSR count). The van der Waals surface area contributed by atoms with E-state index in [2.05, 4.69) is 27.2 Å². The Bertz CT molecular complexity index is 1520. The lowest BCUT2D eigenvalue weighted by Crippen LogP contribution is -2.20. The average molecular weight is 663 g/mol. The van der Waals surface area contributed by atoms with Crippen LogP contribution in [0.5, 0.6) is 5.75 Å². The van der Waals surface area contributed by atoms with E-state index in [9.17, 15) is 5.11 Å². The molecule has 3 aromatic carbocycles. The number of phenols is 1. The van der Waals surface area contributed by atoms with Gasteiger partial charge in [0.05, 0.1) is 5.69 Å². The summed E-state index contributed by atoms with van der Waals surface area (Å²) in [6.07, 6.45) is 12.7. The van der Waals surface area contributed by atoms with Gasteiger partial charge in [0, 0.05) is 46.0 Å². The van der Waals surface area contributed by atoms with Crippen LogP contribution in [-0.4, -0.2) is 51.1 Å². The number of nitrogens with zero attached hydrogens (tertiary/aromatic N) is 4. The van der Waals surface area contributed by atoms with E-state index in [1.54, 1.807) is 0 Å². The second-order valence-corrected chi connectivity index (χ2v) is 12.4. The molecule has 2 fully saturated rings. The monoisotopic (exact) mass is 661 g/mol. The number of likely N-dealkylation sites (tertiary alicyclic amines) is 2. The van der Waals surface area contributed by atoms with Crippen molar-refractivity contribution >= 4 is 71.4 Å². The first-order valence-electron chi connectivity index (χ1n) is 15.3. The zero-order valence-electron chi connectivity index (χ0n) is 25.1. The quantitative estimate of drug-likeness (QED) is 0.165. The topological polar surface area (TPSA) is 64.5 Å². The van der Waals surface area contributed by atoms with Gasteiger partial charge < -0.3 is 10.4 Å². The highest BCUT2D eigenvalue weighted by molar-refractivity contribution is 6.30. The van der Waals surface area contributed by atoms with E-state index in [4.69, 9.17) is 33.2 Å². The molecule has 0 saturated carbocycles. The van der Waals surface area contributed by atoms with Crippen molar-refractivity contribution < 1.29 is 5.11 Å². The molecule has 234 valence electrons. The third kappa shape index (κ3) is 9.32. The summed E-state index contributed by atoms with van der Waals surface area (Å²) in [6.45, 7) is 5.74. The van der Waals surface area contributed by atoms with Crippen molar-refractivity contribution in [2.24, 2.45) is 0 Å². The fraction of sp³-hybridized carbons (Fsp3) is 0.278. The van der Waals surface area contributed by atoms with Gasteiger partial charge in [0.1, 0.15) is 11.6 Å². The Kier molecular flexibility index (Phi) is 11.5. The first kappa shape index (κ1) is 33.0. The smallest absolute Gasteiger partial charge is 0.154 e. The maximum Gasteiger partial charge on any atom is 0.154 e. The zero-order chi connectivity index (χ0) is 30.3. The predicted octanol–water partition coefficient (Wildman–Crippen LogP) is 9.19. The Morgan fingerprint density at radius 2 is 1.16 bits per heavy atom. The lowest BCUT2D eigenvalue weighted by molar-refractivity contribution is 0.312. The number of hydrogen-bond donors (Lipinski definition) is 2. The fourth-order valence-electron chi connectivity index (χ4n) is 5.79. The van der Waals surface area contributed by atoms with E-state index in [0.717, 1.165) is 72.9 Å². The van der Waals surface area contributed by atoms with Crippen molar-refractivity contribution in [2.75, 3.05) is 31.5 Å². The molecule has 2 N–H and O–H groups in total. The molecule has 2 aliphatic rings. The molecular formula is C36H38Cl3N5O. The molecular weight excluding hydrogens is 625 g/mol. The second kappa shape index (κ2) is 15.7. The Balaban J connectivity index is 0.00000400. The number of aromatic hydroxyl groups is 1. The predicted molar refractivity (Wildman–Crippen MR) is 190 cm³/mol. The van der Waals surface area contributed by atoms with Crippen LogP contribution in [0.4, 0.5) is 11.5 Å². The molecule has 4 aromatic rings. The SMILES string of the molecule is Cl.Oc1c(CN2CCCC2)cc(Nc2cc(/C=C/c3ccc(Cl)cc3)nc(/C=C\c3ccc(Cl)cc3)n2)cc1CN1CCCC1. The summed E-state index contributed by atoms with van der Waals surface area (Å²) < 4.78 is 0. The van der Waals surface area contributed by atoms with Crippen LogP contribution in [0, 0.1) is 0 Å².